The summed E-state index contributed by atoms with van der Waals surface area (Å²) in [6, 6.07) is 10.0. The van der Waals surface area contributed by atoms with E-state index in [1.54, 1.807) is 4.90 Å². The molecule has 1 aliphatic carbocycles. The maximum atomic E-state index is 13.1. The van der Waals surface area contributed by atoms with Gasteiger partial charge < -0.3 is 23.9 Å². The van der Waals surface area contributed by atoms with Gasteiger partial charge in [0.05, 0.1) is 17.0 Å². The van der Waals surface area contributed by atoms with Gasteiger partial charge in [-0.05, 0) is 91.5 Å². The van der Waals surface area contributed by atoms with Gasteiger partial charge in [0.2, 0.25) is 0 Å². The molecule has 0 radical (unpaired) electrons. The van der Waals surface area contributed by atoms with Crippen molar-refractivity contribution >= 4 is 31.9 Å². The molecule has 1 N–H and O–H groups in total. The number of carbonyl (C=O) groups is 2. The second-order valence-electron chi connectivity index (χ2n) is 18.7. The summed E-state index contributed by atoms with van der Waals surface area (Å²) < 4.78 is 18.8. The Hall–Kier alpha value is -3.08. The van der Waals surface area contributed by atoms with Crippen LogP contribution in [0.5, 0.6) is 5.75 Å². The summed E-state index contributed by atoms with van der Waals surface area (Å²) in [6.07, 6.45) is 0.661. The largest absolute Gasteiger partial charge is 0.491 e. The van der Waals surface area contributed by atoms with Crippen molar-refractivity contribution in [1.82, 2.24) is 9.80 Å². The number of hydrogen-bond acceptors (Lipinski definition) is 6. The Morgan fingerprint density at radius 2 is 1.50 bits per heavy atom. The summed E-state index contributed by atoms with van der Waals surface area (Å²) in [5.41, 5.74) is 4.13. The Labute approximate surface area is 301 Å². The molecule has 50 heavy (non-hydrogen) atoms. The number of piperazine rings is 1. The number of rotatable bonds is 7. The molecule has 2 heterocycles. The fourth-order valence-electron chi connectivity index (χ4n) is 7.21. The van der Waals surface area contributed by atoms with E-state index in [1.165, 1.54) is 16.0 Å². The number of amides is 2. The first-order valence-electron chi connectivity index (χ1n) is 18.2. The van der Waals surface area contributed by atoms with Gasteiger partial charge in [0, 0.05) is 44.2 Å². The first-order chi connectivity index (χ1) is 22.9. The summed E-state index contributed by atoms with van der Waals surface area (Å²) in [5.74, 6) is 0.651. The molecule has 0 spiro atoms. The number of anilines is 2. The minimum absolute atomic E-state index is 0.109. The Balaban J connectivity index is 1.43. The molecule has 2 amide bonds. The van der Waals surface area contributed by atoms with E-state index in [0.717, 1.165) is 37.1 Å². The van der Waals surface area contributed by atoms with Crippen LogP contribution in [0.1, 0.15) is 111 Å². The molecule has 2 aromatic carbocycles. The Morgan fingerprint density at radius 1 is 0.880 bits per heavy atom. The van der Waals surface area contributed by atoms with Gasteiger partial charge in [-0.2, -0.15) is 0 Å². The minimum atomic E-state index is -1.97. The molecule has 9 nitrogen and oxygen atoms in total. The number of nitrogens with zero attached hydrogens (tertiary/aromatic N) is 3. The highest BCUT2D eigenvalue weighted by Crippen LogP contribution is 2.54. The van der Waals surface area contributed by atoms with Crippen molar-refractivity contribution in [3.8, 4) is 5.75 Å². The SMILES string of the molecule is CC(C)(C)OC(=O)N1CCN(Cc2ccc3c(c2C(C)(C)C)C(C)(C)c2ccc(OCC4(O[Si](C)(C)C(C)(C)C)CC4)cc2N3C(=O)O)CC1. The lowest BCUT2D eigenvalue weighted by molar-refractivity contribution is 0.0138. The quantitative estimate of drug-likeness (QED) is 0.287. The predicted octanol–water partition coefficient (Wildman–Crippen LogP) is 9.43. The van der Waals surface area contributed by atoms with Crippen LogP contribution in [-0.2, 0) is 26.5 Å². The molecule has 1 saturated heterocycles. The zero-order valence-electron chi connectivity index (χ0n) is 32.9. The smallest absolute Gasteiger partial charge is 0.416 e. The molecule has 276 valence electrons. The summed E-state index contributed by atoms with van der Waals surface area (Å²) in [7, 11) is -1.97. The van der Waals surface area contributed by atoms with Crippen molar-refractivity contribution in [1.29, 1.82) is 0 Å². The van der Waals surface area contributed by atoms with E-state index in [4.69, 9.17) is 13.9 Å². The lowest BCUT2D eigenvalue weighted by Crippen LogP contribution is -2.49. The van der Waals surface area contributed by atoms with Gasteiger partial charge in [0.1, 0.15) is 18.0 Å². The fourth-order valence-corrected chi connectivity index (χ4v) is 8.86. The van der Waals surface area contributed by atoms with Gasteiger partial charge in [-0.3, -0.25) is 4.90 Å². The molecule has 10 heteroatoms. The van der Waals surface area contributed by atoms with E-state index in [2.05, 4.69) is 79.5 Å². The predicted molar refractivity (Wildman–Crippen MR) is 203 cm³/mol. The molecule has 0 bridgehead atoms. The lowest BCUT2D eigenvalue weighted by atomic mass is 9.66. The second-order valence-corrected chi connectivity index (χ2v) is 23.5. The molecule has 2 fully saturated rings. The van der Waals surface area contributed by atoms with Crippen molar-refractivity contribution < 1.29 is 28.6 Å². The molecule has 0 unspecified atom stereocenters. The van der Waals surface area contributed by atoms with Crippen LogP contribution < -0.4 is 9.64 Å². The third kappa shape index (κ3) is 7.72. The third-order valence-corrected chi connectivity index (χ3v) is 15.5. The van der Waals surface area contributed by atoms with E-state index in [9.17, 15) is 14.7 Å². The highest BCUT2D eigenvalue weighted by Gasteiger charge is 2.52. The van der Waals surface area contributed by atoms with Crippen molar-refractivity contribution in [2.45, 2.75) is 136 Å². The van der Waals surface area contributed by atoms with E-state index in [-0.39, 0.29) is 22.1 Å². The topological polar surface area (TPSA) is 91.8 Å². The van der Waals surface area contributed by atoms with Crippen molar-refractivity contribution in [2.24, 2.45) is 0 Å². The monoisotopic (exact) mass is 707 g/mol. The highest BCUT2D eigenvalue weighted by molar-refractivity contribution is 6.74. The van der Waals surface area contributed by atoms with Crippen LogP contribution in [0.4, 0.5) is 21.0 Å². The van der Waals surface area contributed by atoms with Crippen LogP contribution in [0, 0.1) is 0 Å². The van der Waals surface area contributed by atoms with Crippen LogP contribution >= 0.6 is 0 Å². The van der Waals surface area contributed by atoms with Crippen LogP contribution in [0.3, 0.4) is 0 Å². The van der Waals surface area contributed by atoms with E-state index in [1.807, 2.05) is 45.0 Å². The molecule has 2 aromatic rings. The van der Waals surface area contributed by atoms with Gasteiger partial charge in [-0.25, -0.2) is 14.5 Å². The van der Waals surface area contributed by atoms with Crippen molar-refractivity contribution in [3.05, 3.63) is 52.6 Å². The Bertz CT molecular complexity index is 1620. The number of fused-ring (bicyclic) bond motifs is 2. The van der Waals surface area contributed by atoms with Gasteiger partial charge in [-0.15, -0.1) is 0 Å². The zero-order chi connectivity index (χ0) is 37.2. The first kappa shape index (κ1) is 38.2. The van der Waals surface area contributed by atoms with Crippen molar-refractivity contribution in [3.63, 3.8) is 0 Å². The molecular formula is C40H61N3O6Si. The van der Waals surface area contributed by atoms with Gasteiger partial charge in [-0.1, -0.05) is 67.5 Å². The Kier molecular flexibility index (Phi) is 9.80. The summed E-state index contributed by atoms with van der Waals surface area (Å²) in [6.45, 7) is 31.8. The van der Waals surface area contributed by atoms with E-state index < -0.39 is 25.4 Å². The lowest BCUT2D eigenvalue weighted by Gasteiger charge is -2.44. The summed E-state index contributed by atoms with van der Waals surface area (Å²) in [5, 5.41) is 10.9. The molecule has 5 rings (SSSR count). The number of benzene rings is 2. The summed E-state index contributed by atoms with van der Waals surface area (Å²) in [4.78, 5) is 31.4. The van der Waals surface area contributed by atoms with Crippen LogP contribution in [-0.4, -0.2) is 79.4 Å². The van der Waals surface area contributed by atoms with E-state index >= 15 is 0 Å². The maximum Gasteiger partial charge on any atom is 0.416 e. The molecule has 0 atom stereocenters. The third-order valence-electron chi connectivity index (χ3n) is 11.0. The average Bonchev–Trinajstić information content (AvgIpc) is 3.73. The number of ether oxygens (including phenoxy) is 2. The normalized spacial score (nSPS) is 19.1. The van der Waals surface area contributed by atoms with Crippen LogP contribution in [0.25, 0.3) is 0 Å². The number of carboxylic acid groups (broad SMARTS) is 1. The minimum Gasteiger partial charge on any atom is -0.491 e. The van der Waals surface area contributed by atoms with Crippen molar-refractivity contribution in [2.75, 3.05) is 37.7 Å². The fraction of sp³-hybridized carbons (Fsp3) is 0.650. The average molecular weight is 708 g/mol. The second kappa shape index (κ2) is 12.8. The molecule has 0 aromatic heterocycles. The highest BCUT2D eigenvalue weighted by atomic mass is 28.4. The molecule has 3 aliphatic rings. The molecular weight excluding hydrogens is 647 g/mol. The van der Waals surface area contributed by atoms with Gasteiger partial charge in [0.25, 0.3) is 0 Å². The Morgan fingerprint density at radius 3 is 2.02 bits per heavy atom. The van der Waals surface area contributed by atoms with Crippen LogP contribution in [0.15, 0.2) is 30.3 Å². The zero-order valence-corrected chi connectivity index (χ0v) is 33.9. The maximum absolute atomic E-state index is 13.1. The van der Waals surface area contributed by atoms with Gasteiger partial charge in [0.15, 0.2) is 8.32 Å². The number of hydrogen-bond donors (Lipinski definition) is 1. The van der Waals surface area contributed by atoms with E-state index in [0.29, 0.717) is 43.4 Å². The molecule has 2 aliphatic heterocycles. The van der Waals surface area contributed by atoms with Crippen LogP contribution in [0.2, 0.25) is 18.1 Å². The van der Waals surface area contributed by atoms with Gasteiger partial charge >= 0.3 is 12.2 Å². The standard InChI is InChI=1S/C40H61N3O6Si/c1-36(2,3)32-27(25-41-20-22-42(23-21-41)35(46)48-37(4,5)6)14-17-30-33(32)39(10,11)29-16-15-28(24-31(29)43(30)34(44)45)47-26-40(18-19-40)49-50(12,13)38(7,8)9/h14-17,24H,18-23,25-26H2,1-13H3,(H,44,45). The number of carbonyl (C=O) groups excluding carboxylic acids is 1. The molecule has 1 saturated carbocycles. The summed E-state index contributed by atoms with van der Waals surface area (Å²) >= 11 is 0. The first-order valence-corrected chi connectivity index (χ1v) is 21.1.